The van der Waals surface area contributed by atoms with Crippen LogP contribution in [0.4, 0.5) is 0 Å². The SMILES string of the molecule is CC(O)CNC(C)c1cc2cc(Cl)ccc2o1. The summed E-state index contributed by atoms with van der Waals surface area (Å²) in [4.78, 5) is 0. The van der Waals surface area contributed by atoms with Crippen molar-refractivity contribution in [2.24, 2.45) is 0 Å². The van der Waals surface area contributed by atoms with Crippen LogP contribution in [0, 0.1) is 0 Å². The Morgan fingerprint density at radius 3 is 2.82 bits per heavy atom. The van der Waals surface area contributed by atoms with Crippen molar-refractivity contribution in [3.05, 3.63) is 35.0 Å². The lowest BCUT2D eigenvalue weighted by Crippen LogP contribution is -2.26. The summed E-state index contributed by atoms with van der Waals surface area (Å²) in [5, 5.41) is 14.1. The summed E-state index contributed by atoms with van der Waals surface area (Å²) in [5.41, 5.74) is 0.829. The summed E-state index contributed by atoms with van der Waals surface area (Å²) in [7, 11) is 0. The molecule has 92 valence electrons. The Balaban J connectivity index is 2.18. The molecule has 2 atom stereocenters. The van der Waals surface area contributed by atoms with E-state index in [1.165, 1.54) is 0 Å². The van der Waals surface area contributed by atoms with Gasteiger partial charge in [-0.05, 0) is 38.1 Å². The summed E-state index contributed by atoms with van der Waals surface area (Å²) in [6.07, 6.45) is -0.365. The first-order chi connectivity index (χ1) is 8.06. The van der Waals surface area contributed by atoms with Gasteiger partial charge in [0.2, 0.25) is 0 Å². The molecule has 0 radical (unpaired) electrons. The van der Waals surface area contributed by atoms with E-state index >= 15 is 0 Å². The Morgan fingerprint density at radius 1 is 1.35 bits per heavy atom. The summed E-state index contributed by atoms with van der Waals surface area (Å²) in [5.74, 6) is 0.850. The van der Waals surface area contributed by atoms with E-state index in [0.29, 0.717) is 11.6 Å². The maximum atomic E-state index is 9.21. The van der Waals surface area contributed by atoms with Crippen molar-refractivity contribution < 1.29 is 9.52 Å². The Bertz CT molecular complexity index is 507. The molecule has 4 heteroatoms. The third-order valence-corrected chi connectivity index (χ3v) is 2.88. The minimum Gasteiger partial charge on any atom is -0.459 e. The first-order valence-corrected chi connectivity index (χ1v) is 6.04. The number of hydrogen-bond donors (Lipinski definition) is 2. The summed E-state index contributed by atoms with van der Waals surface area (Å²) in [6.45, 7) is 4.29. The molecule has 1 heterocycles. The Morgan fingerprint density at radius 2 is 2.12 bits per heavy atom. The molecule has 0 saturated heterocycles. The van der Waals surface area contributed by atoms with Crippen molar-refractivity contribution in [2.75, 3.05) is 6.54 Å². The van der Waals surface area contributed by atoms with Gasteiger partial charge in [-0.2, -0.15) is 0 Å². The summed E-state index contributed by atoms with van der Waals surface area (Å²) < 4.78 is 5.71. The second kappa shape index (κ2) is 5.08. The molecule has 0 bridgehead atoms. The number of rotatable bonds is 4. The van der Waals surface area contributed by atoms with Crippen molar-refractivity contribution in [3.8, 4) is 0 Å². The van der Waals surface area contributed by atoms with Gasteiger partial charge in [-0.1, -0.05) is 11.6 Å². The molecule has 1 aromatic heterocycles. The van der Waals surface area contributed by atoms with E-state index in [0.717, 1.165) is 16.7 Å². The standard InChI is InChI=1S/C13H16ClNO2/c1-8(16)7-15-9(2)13-6-10-5-11(14)3-4-12(10)17-13/h3-6,8-9,15-16H,7H2,1-2H3. The molecule has 0 aliphatic heterocycles. The minimum atomic E-state index is -0.365. The quantitative estimate of drug-likeness (QED) is 0.880. The Labute approximate surface area is 105 Å². The van der Waals surface area contributed by atoms with E-state index in [1.54, 1.807) is 6.92 Å². The van der Waals surface area contributed by atoms with Crippen LogP contribution in [0.3, 0.4) is 0 Å². The van der Waals surface area contributed by atoms with Gasteiger partial charge in [0.1, 0.15) is 11.3 Å². The maximum Gasteiger partial charge on any atom is 0.134 e. The molecule has 2 N–H and O–H groups in total. The number of hydrogen-bond acceptors (Lipinski definition) is 3. The zero-order valence-corrected chi connectivity index (χ0v) is 10.7. The van der Waals surface area contributed by atoms with Gasteiger partial charge in [-0.3, -0.25) is 0 Å². The fourth-order valence-corrected chi connectivity index (χ4v) is 1.88. The van der Waals surface area contributed by atoms with Crippen molar-refractivity contribution >= 4 is 22.6 Å². The average Bonchev–Trinajstić information content (AvgIpc) is 2.68. The third-order valence-electron chi connectivity index (χ3n) is 2.64. The fraction of sp³-hybridized carbons (Fsp3) is 0.385. The van der Waals surface area contributed by atoms with Gasteiger partial charge in [-0.15, -0.1) is 0 Å². The molecule has 2 aromatic rings. The van der Waals surface area contributed by atoms with Crippen LogP contribution in [0.15, 0.2) is 28.7 Å². The monoisotopic (exact) mass is 253 g/mol. The van der Waals surface area contributed by atoms with Crippen LogP contribution < -0.4 is 5.32 Å². The number of nitrogens with one attached hydrogen (secondary N) is 1. The van der Waals surface area contributed by atoms with Gasteiger partial charge in [-0.25, -0.2) is 0 Å². The molecule has 0 aliphatic carbocycles. The van der Waals surface area contributed by atoms with Crippen LogP contribution in [-0.2, 0) is 0 Å². The lowest BCUT2D eigenvalue weighted by molar-refractivity contribution is 0.185. The molecular weight excluding hydrogens is 238 g/mol. The molecule has 0 aliphatic rings. The highest BCUT2D eigenvalue weighted by Gasteiger charge is 2.11. The van der Waals surface area contributed by atoms with Crippen LogP contribution in [-0.4, -0.2) is 17.8 Å². The number of furan rings is 1. The van der Waals surface area contributed by atoms with Gasteiger partial charge in [0.05, 0.1) is 12.1 Å². The van der Waals surface area contributed by atoms with E-state index in [9.17, 15) is 5.11 Å². The fourth-order valence-electron chi connectivity index (χ4n) is 1.70. The van der Waals surface area contributed by atoms with Crippen molar-refractivity contribution in [1.29, 1.82) is 0 Å². The highest BCUT2D eigenvalue weighted by atomic mass is 35.5. The van der Waals surface area contributed by atoms with Gasteiger partial charge in [0.15, 0.2) is 0 Å². The van der Waals surface area contributed by atoms with Gasteiger partial charge < -0.3 is 14.8 Å². The lowest BCUT2D eigenvalue weighted by atomic mass is 10.2. The Hall–Kier alpha value is -1.03. The molecule has 17 heavy (non-hydrogen) atoms. The number of fused-ring (bicyclic) bond motifs is 1. The predicted octanol–water partition coefficient (Wildman–Crippen LogP) is 3.12. The van der Waals surface area contributed by atoms with Crippen LogP contribution in [0.25, 0.3) is 11.0 Å². The van der Waals surface area contributed by atoms with E-state index in [1.807, 2.05) is 31.2 Å². The largest absolute Gasteiger partial charge is 0.459 e. The first kappa shape index (κ1) is 12.4. The Kier molecular flexibility index (Phi) is 3.72. The van der Waals surface area contributed by atoms with E-state index in [2.05, 4.69) is 5.32 Å². The van der Waals surface area contributed by atoms with Gasteiger partial charge in [0.25, 0.3) is 0 Å². The van der Waals surface area contributed by atoms with Gasteiger partial charge in [0, 0.05) is 17.0 Å². The molecule has 1 aromatic carbocycles. The molecule has 0 spiro atoms. The predicted molar refractivity (Wildman–Crippen MR) is 69.3 cm³/mol. The molecule has 0 saturated carbocycles. The smallest absolute Gasteiger partial charge is 0.134 e. The molecule has 0 amide bonds. The topological polar surface area (TPSA) is 45.4 Å². The van der Waals surface area contributed by atoms with E-state index in [4.69, 9.17) is 16.0 Å². The highest BCUT2D eigenvalue weighted by molar-refractivity contribution is 6.31. The van der Waals surface area contributed by atoms with Crippen molar-refractivity contribution in [2.45, 2.75) is 26.0 Å². The molecule has 2 unspecified atom stereocenters. The van der Waals surface area contributed by atoms with Crippen LogP contribution >= 0.6 is 11.6 Å². The molecule has 2 rings (SSSR count). The lowest BCUT2D eigenvalue weighted by Gasteiger charge is -2.12. The van der Waals surface area contributed by atoms with Crippen molar-refractivity contribution in [3.63, 3.8) is 0 Å². The average molecular weight is 254 g/mol. The zero-order chi connectivity index (χ0) is 12.4. The summed E-state index contributed by atoms with van der Waals surface area (Å²) in [6, 6.07) is 7.59. The number of halogens is 1. The zero-order valence-electron chi connectivity index (χ0n) is 9.90. The normalized spacial score (nSPS) is 15.1. The second-order valence-electron chi connectivity index (χ2n) is 4.31. The third kappa shape index (κ3) is 3.00. The van der Waals surface area contributed by atoms with Gasteiger partial charge >= 0.3 is 0 Å². The van der Waals surface area contributed by atoms with Crippen LogP contribution in [0.5, 0.6) is 0 Å². The second-order valence-corrected chi connectivity index (χ2v) is 4.75. The first-order valence-electron chi connectivity index (χ1n) is 5.66. The highest BCUT2D eigenvalue weighted by Crippen LogP contribution is 2.26. The molecule has 0 fully saturated rings. The van der Waals surface area contributed by atoms with E-state index < -0.39 is 0 Å². The molecule has 3 nitrogen and oxygen atoms in total. The summed E-state index contributed by atoms with van der Waals surface area (Å²) >= 11 is 5.92. The van der Waals surface area contributed by atoms with E-state index in [-0.39, 0.29) is 12.1 Å². The van der Waals surface area contributed by atoms with Crippen molar-refractivity contribution in [1.82, 2.24) is 5.32 Å². The maximum absolute atomic E-state index is 9.21. The number of benzene rings is 1. The number of aliphatic hydroxyl groups excluding tert-OH is 1. The number of aliphatic hydroxyl groups is 1. The van der Waals surface area contributed by atoms with Crippen LogP contribution in [0.1, 0.15) is 25.6 Å². The van der Waals surface area contributed by atoms with Crippen LogP contribution in [0.2, 0.25) is 5.02 Å². The molecular formula is C13H16ClNO2. The minimum absolute atomic E-state index is 0.0655.